The quantitative estimate of drug-likeness (QED) is 0.219. The Hall–Kier alpha value is 1.61. The SMILES string of the molecule is CCOP(=S)(OCC)SCSc1cc(Cl)ccc1Cl.[Ge]. The molecule has 0 fully saturated rings. The third-order valence-corrected chi connectivity index (χ3v) is 9.69. The van der Waals surface area contributed by atoms with Crippen molar-refractivity contribution < 1.29 is 9.05 Å². The van der Waals surface area contributed by atoms with Crippen LogP contribution in [0.25, 0.3) is 0 Å². The van der Waals surface area contributed by atoms with Crippen molar-refractivity contribution in [3.05, 3.63) is 28.2 Å². The summed E-state index contributed by atoms with van der Waals surface area (Å²) in [5.41, 5.74) is -2.23. The summed E-state index contributed by atoms with van der Waals surface area (Å²) in [6.07, 6.45) is 0. The Bertz CT molecular complexity index is 455. The van der Waals surface area contributed by atoms with Crippen molar-refractivity contribution >= 4 is 81.4 Å². The Balaban J connectivity index is 0.00000361. The van der Waals surface area contributed by atoms with Gasteiger partial charge in [0.05, 0.1) is 23.3 Å². The fourth-order valence-electron chi connectivity index (χ4n) is 1.17. The largest absolute Gasteiger partial charge is 0.322 e. The first-order valence-electron chi connectivity index (χ1n) is 5.62. The molecule has 1 aromatic carbocycles. The van der Waals surface area contributed by atoms with E-state index in [0.29, 0.717) is 23.3 Å². The minimum atomic E-state index is -2.23. The summed E-state index contributed by atoms with van der Waals surface area (Å²) in [6.45, 7) is 4.96. The predicted octanol–water partition coefficient (Wildman–Crippen LogP) is 5.69. The van der Waals surface area contributed by atoms with Crippen LogP contribution in [-0.4, -0.2) is 35.9 Å². The monoisotopic (exact) mass is 450 g/mol. The molecule has 4 radical (unpaired) electrons. The van der Waals surface area contributed by atoms with Crippen molar-refractivity contribution in [3.63, 3.8) is 0 Å². The minimum absolute atomic E-state index is 0. The van der Waals surface area contributed by atoms with E-state index in [-0.39, 0.29) is 17.6 Å². The maximum absolute atomic E-state index is 6.10. The molecule has 112 valence electrons. The molecule has 0 aliphatic rings. The van der Waals surface area contributed by atoms with Crippen molar-refractivity contribution in [1.29, 1.82) is 0 Å². The van der Waals surface area contributed by atoms with Gasteiger partial charge in [0, 0.05) is 27.5 Å². The van der Waals surface area contributed by atoms with Gasteiger partial charge in [-0.15, -0.1) is 11.8 Å². The Kier molecular flexibility index (Phi) is 12.1. The van der Waals surface area contributed by atoms with Gasteiger partial charge in [-0.2, -0.15) is 0 Å². The normalized spacial score (nSPS) is 11.2. The van der Waals surface area contributed by atoms with Gasteiger partial charge in [-0.3, -0.25) is 0 Å². The summed E-state index contributed by atoms with van der Waals surface area (Å²) in [4.78, 5) is 0.941. The second-order valence-corrected chi connectivity index (χ2v) is 11.8. The van der Waals surface area contributed by atoms with Crippen LogP contribution < -0.4 is 0 Å². The van der Waals surface area contributed by atoms with Crippen molar-refractivity contribution in [2.75, 3.05) is 18.3 Å². The summed E-state index contributed by atoms with van der Waals surface area (Å²) in [6, 6.07) is 5.41. The Morgan fingerprint density at radius 1 is 1.20 bits per heavy atom. The molecule has 0 saturated carbocycles. The van der Waals surface area contributed by atoms with Crippen LogP contribution >= 0.6 is 52.0 Å². The maximum Gasteiger partial charge on any atom is 0.248 e. The molecule has 0 amide bonds. The van der Waals surface area contributed by atoms with Gasteiger partial charge in [-0.1, -0.05) is 34.6 Å². The zero-order valence-corrected chi connectivity index (χ0v) is 18.1. The standard InChI is InChI=1S/C11H15Cl2O2PS3.Ge/c1-3-14-16(17,15-4-2)19-8-18-11-7-9(12)5-6-10(11)13;/h5-7H,3-4,8H2,1-2H3;. The van der Waals surface area contributed by atoms with Gasteiger partial charge in [0.2, 0.25) is 5.69 Å². The van der Waals surface area contributed by atoms with Gasteiger partial charge in [0.15, 0.2) is 0 Å². The van der Waals surface area contributed by atoms with Crippen LogP contribution in [-0.2, 0) is 20.9 Å². The Morgan fingerprint density at radius 3 is 2.35 bits per heavy atom. The summed E-state index contributed by atoms with van der Waals surface area (Å²) in [5.74, 6) is 0. The first kappa shape index (κ1) is 21.6. The van der Waals surface area contributed by atoms with E-state index in [1.54, 1.807) is 23.9 Å². The van der Waals surface area contributed by atoms with E-state index in [0.717, 1.165) is 9.98 Å². The van der Waals surface area contributed by atoms with Crippen LogP contribution in [0.3, 0.4) is 0 Å². The van der Waals surface area contributed by atoms with E-state index in [4.69, 9.17) is 44.1 Å². The molecule has 0 spiro atoms. The van der Waals surface area contributed by atoms with E-state index < -0.39 is 5.69 Å². The molecule has 0 unspecified atom stereocenters. The molecule has 2 nitrogen and oxygen atoms in total. The van der Waals surface area contributed by atoms with E-state index in [2.05, 4.69) is 0 Å². The molecule has 0 N–H and O–H groups in total. The zero-order chi connectivity index (χ0) is 14.3. The predicted molar refractivity (Wildman–Crippen MR) is 98.1 cm³/mol. The number of thioether (sulfide) groups is 1. The number of benzene rings is 1. The smallest absolute Gasteiger partial charge is 0.248 e. The van der Waals surface area contributed by atoms with E-state index in [1.807, 2.05) is 19.9 Å². The van der Waals surface area contributed by atoms with Crippen LogP contribution in [0.5, 0.6) is 0 Å². The van der Waals surface area contributed by atoms with Crippen molar-refractivity contribution in [3.8, 4) is 0 Å². The maximum atomic E-state index is 6.10. The molecule has 1 rings (SSSR count). The van der Waals surface area contributed by atoms with Gasteiger partial charge in [-0.25, -0.2) is 0 Å². The van der Waals surface area contributed by atoms with E-state index in [1.165, 1.54) is 11.4 Å². The Morgan fingerprint density at radius 2 is 1.80 bits per heavy atom. The van der Waals surface area contributed by atoms with Gasteiger partial charge in [0.25, 0.3) is 0 Å². The van der Waals surface area contributed by atoms with Crippen molar-refractivity contribution in [1.82, 2.24) is 0 Å². The molecule has 9 heteroatoms. The summed E-state index contributed by atoms with van der Waals surface area (Å²) in [7, 11) is 0. The van der Waals surface area contributed by atoms with Crippen LogP contribution in [0.15, 0.2) is 23.1 Å². The molecule has 1 aromatic rings. The number of rotatable bonds is 8. The van der Waals surface area contributed by atoms with Gasteiger partial charge >= 0.3 is 0 Å². The summed E-state index contributed by atoms with van der Waals surface area (Å²) >= 11 is 20.6. The first-order valence-corrected chi connectivity index (χ1v) is 11.6. The van der Waals surface area contributed by atoms with E-state index in [9.17, 15) is 0 Å². The third kappa shape index (κ3) is 7.75. The van der Waals surface area contributed by atoms with Crippen LogP contribution in [0.4, 0.5) is 0 Å². The number of halogens is 2. The van der Waals surface area contributed by atoms with Crippen LogP contribution in [0, 0.1) is 0 Å². The average molecular weight is 450 g/mol. The zero-order valence-electron chi connectivity index (χ0n) is 11.1. The fourth-order valence-corrected chi connectivity index (χ4v) is 8.71. The van der Waals surface area contributed by atoms with Gasteiger partial charge in [-0.05, 0) is 43.9 Å². The van der Waals surface area contributed by atoms with Crippen molar-refractivity contribution in [2.45, 2.75) is 18.7 Å². The molecule has 0 bridgehead atoms. The Labute approximate surface area is 154 Å². The van der Waals surface area contributed by atoms with Gasteiger partial charge < -0.3 is 9.05 Å². The molecule has 20 heavy (non-hydrogen) atoms. The molecular formula is C11H15Cl2GeO2PS3. The minimum Gasteiger partial charge on any atom is -0.322 e. The van der Waals surface area contributed by atoms with E-state index >= 15 is 0 Å². The fraction of sp³-hybridized carbons (Fsp3) is 0.455. The molecule has 0 saturated heterocycles. The number of hydrogen-bond donors (Lipinski definition) is 0. The van der Waals surface area contributed by atoms with Crippen molar-refractivity contribution in [2.24, 2.45) is 0 Å². The molecule has 0 aliphatic carbocycles. The molecular weight excluding hydrogens is 435 g/mol. The average Bonchev–Trinajstić information content (AvgIpc) is 2.34. The second-order valence-electron chi connectivity index (χ2n) is 3.25. The molecule has 0 atom stereocenters. The van der Waals surface area contributed by atoms with Gasteiger partial charge in [0.1, 0.15) is 0 Å². The third-order valence-electron chi connectivity index (χ3n) is 1.89. The molecule has 0 aromatic heterocycles. The van der Waals surface area contributed by atoms with Crippen LogP contribution in [0.1, 0.15) is 13.8 Å². The summed E-state index contributed by atoms with van der Waals surface area (Å²) in [5, 5.41) is 2.08. The molecule has 0 aliphatic heterocycles. The second kappa shape index (κ2) is 11.2. The number of hydrogen-bond acceptors (Lipinski definition) is 5. The van der Waals surface area contributed by atoms with Crippen LogP contribution in [0.2, 0.25) is 10.0 Å². The first-order chi connectivity index (χ1) is 9.00. The summed E-state index contributed by atoms with van der Waals surface area (Å²) < 4.78 is 11.1. The molecule has 0 heterocycles. The topological polar surface area (TPSA) is 18.5 Å².